The van der Waals surface area contributed by atoms with E-state index >= 15 is 0 Å². The average Bonchev–Trinajstić information content (AvgIpc) is 2.24. The van der Waals surface area contributed by atoms with Crippen molar-refractivity contribution in [2.75, 3.05) is 7.11 Å². The van der Waals surface area contributed by atoms with E-state index < -0.39 is 0 Å². The molecule has 1 N–H and O–H groups in total. The van der Waals surface area contributed by atoms with Gasteiger partial charge in [0.2, 0.25) is 0 Å². The van der Waals surface area contributed by atoms with E-state index in [4.69, 9.17) is 4.74 Å². The van der Waals surface area contributed by atoms with Crippen LogP contribution in [0.15, 0.2) is 21.1 Å². The van der Waals surface area contributed by atoms with E-state index in [1.165, 1.54) is 6.42 Å². The molecule has 1 atom stereocenters. The first-order chi connectivity index (χ1) is 8.43. The highest BCUT2D eigenvalue weighted by atomic mass is 79.9. The fraction of sp³-hybridized carbons (Fsp3) is 0.571. The predicted octanol–water partition coefficient (Wildman–Crippen LogP) is 4.74. The first-order valence-electron chi connectivity index (χ1n) is 6.19. The maximum atomic E-state index is 5.44. The molecule has 0 spiro atoms. The molecule has 18 heavy (non-hydrogen) atoms. The maximum absolute atomic E-state index is 5.44. The van der Waals surface area contributed by atoms with Gasteiger partial charge in [-0.15, -0.1) is 0 Å². The Hall–Kier alpha value is -0.0600. The maximum Gasteiger partial charge on any atom is 0.137 e. The van der Waals surface area contributed by atoms with Gasteiger partial charge >= 0.3 is 0 Å². The standard InChI is InChI=1S/C14H21Br2NO/c1-9(2)5-10(3)17-8-11-6-12(15)7-13(16)14(11)18-4/h6-7,9-10,17H,5,8H2,1-4H3. The summed E-state index contributed by atoms with van der Waals surface area (Å²) in [5, 5.41) is 3.54. The molecule has 0 aliphatic heterocycles. The predicted molar refractivity (Wildman–Crippen MR) is 84.2 cm³/mol. The van der Waals surface area contributed by atoms with E-state index in [1.54, 1.807) is 7.11 Å². The average molecular weight is 379 g/mol. The van der Waals surface area contributed by atoms with Crippen LogP contribution in [0.5, 0.6) is 5.75 Å². The molecular weight excluding hydrogens is 358 g/mol. The number of halogens is 2. The summed E-state index contributed by atoms with van der Waals surface area (Å²) in [4.78, 5) is 0. The number of ether oxygens (including phenoxy) is 1. The lowest BCUT2D eigenvalue weighted by Gasteiger charge is -2.18. The van der Waals surface area contributed by atoms with Crippen LogP contribution in [-0.4, -0.2) is 13.2 Å². The van der Waals surface area contributed by atoms with Gasteiger partial charge in [-0.25, -0.2) is 0 Å². The van der Waals surface area contributed by atoms with Gasteiger partial charge in [0.15, 0.2) is 0 Å². The Morgan fingerprint density at radius 1 is 1.22 bits per heavy atom. The minimum absolute atomic E-state index is 0.507. The molecule has 4 heteroatoms. The lowest BCUT2D eigenvalue weighted by molar-refractivity contribution is 0.397. The minimum atomic E-state index is 0.507. The van der Waals surface area contributed by atoms with Crippen LogP contribution in [0.1, 0.15) is 32.8 Å². The van der Waals surface area contributed by atoms with Gasteiger partial charge in [-0.1, -0.05) is 29.8 Å². The molecular formula is C14H21Br2NO. The van der Waals surface area contributed by atoms with E-state index in [0.29, 0.717) is 12.0 Å². The van der Waals surface area contributed by atoms with Crippen LogP contribution in [-0.2, 0) is 6.54 Å². The molecule has 1 aromatic rings. The van der Waals surface area contributed by atoms with Crippen molar-refractivity contribution in [1.29, 1.82) is 0 Å². The Labute approximate surface area is 127 Å². The number of nitrogens with one attached hydrogen (secondary N) is 1. The Balaban J connectivity index is 2.72. The summed E-state index contributed by atoms with van der Waals surface area (Å²) >= 11 is 7.03. The van der Waals surface area contributed by atoms with Crippen LogP contribution in [0, 0.1) is 5.92 Å². The molecule has 0 aliphatic carbocycles. The van der Waals surface area contributed by atoms with Gasteiger partial charge in [-0.2, -0.15) is 0 Å². The van der Waals surface area contributed by atoms with E-state index in [9.17, 15) is 0 Å². The summed E-state index contributed by atoms with van der Waals surface area (Å²) < 4.78 is 7.47. The second kappa shape index (κ2) is 7.51. The number of rotatable bonds is 6. The molecule has 0 aliphatic rings. The van der Waals surface area contributed by atoms with Gasteiger partial charge in [0.05, 0.1) is 11.6 Å². The summed E-state index contributed by atoms with van der Waals surface area (Å²) in [7, 11) is 1.70. The van der Waals surface area contributed by atoms with Crippen molar-refractivity contribution in [3.63, 3.8) is 0 Å². The van der Waals surface area contributed by atoms with Crippen LogP contribution in [0.2, 0.25) is 0 Å². The Morgan fingerprint density at radius 3 is 2.44 bits per heavy atom. The van der Waals surface area contributed by atoms with Gasteiger partial charge < -0.3 is 10.1 Å². The van der Waals surface area contributed by atoms with E-state index in [0.717, 1.165) is 26.8 Å². The van der Waals surface area contributed by atoms with Crippen LogP contribution >= 0.6 is 31.9 Å². The monoisotopic (exact) mass is 377 g/mol. The third-order valence-electron chi connectivity index (χ3n) is 2.76. The smallest absolute Gasteiger partial charge is 0.137 e. The largest absolute Gasteiger partial charge is 0.495 e. The lowest BCUT2D eigenvalue weighted by atomic mass is 10.0. The highest BCUT2D eigenvalue weighted by Crippen LogP contribution is 2.32. The van der Waals surface area contributed by atoms with Crippen molar-refractivity contribution < 1.29 is 4.74 Å². The fourth-order valence-corrected chi connectivity index (χ4v) is 3.52. The SMILES string of the molecule is COc1c(Br)cc(Br)cc1CNC(C)CC(C)C. The Morgan fingerprint density at radius 2 is 1.89 bits per heavy atom. The van der Waals surface area contributed by atoms with Crippen molar-refractivity contribution in [2.45, 2.75) is 39.8 Å². The highest BCUT2D eigenvalue weighted by molar-refractivity contribution is 9.11. The van der Waals surface area contributed by atoms with Gasteiger partial charge in [-0.3, -0.25) is 0 Å². The minimum Gasteiger partial charge on any atom is -0.495 e. The molecule has 0 radical (unpaired) electrons. The Bertz CT molecular complexity index is 394. The second-order valence-electron chi connectivity index (χ2n) is 4.99. The molecule has 0 amide bonds. The summed E-state index contributed by atoms with van der Waals surface area (Å²) in [5.41, 5.74) is 1.16. The quantitative estimate of drug-likeness (QED) is 0.771. The summed E-state index contributed by atoms with van der Waals surface area (Å²) in [6.07, 6.45) is 1.18. The first-order valence-corrected chi connectivity index (χ1v) is 7.78. The zero-order valence-electron chi connectivity index (χ0n) is 11.4. The Kier molecular flexibility index (Phi) is 6.67. The molecule has 0 saturated heterocycles. The van der Waals surface area contributed by atoms with Crippen molar-refractivity contribution in [2.24, 2.45) is 5.92 Å². The molecule has 0 heterocycles. The number of benzene rings is 1. The highest BCUT2D eigenvalue weighted by Gasteiger charge is 2.11. The second-order valence-corrected chi connectivity index (χ2v) is 6.76. The number of hydrogen-bond donors (Lipinski definition) is 1. The van der Waals surface area contributed by atoms with Crippen LogP contribution < -0.4 is 10.1 Å². The van der Waals surface area contributed by atoms with Crippen molar-refractivity contribution in [3.8, 4) is 5.75 Å². The normalized spacial score (nSPS) is 12.8. The van der Waals surface area contributed by atoms with Crippen molar-refractivity contribution in [1.82, 2.24) is 5.32 Å². The molecule has 1 aromatic carbocycles. The summed E-state index contributed by atoms with van der Waals surface area (Å²) in [6, 6.07) is 4.60. The molecule has 2 nitrogen and oxygen atoms in total. The van der Waals surface area contributed by atoms with Gasteiger partial charge in [-0.05, 0) is 47.3 Å². The third kappa shape index (κ3) is 4.90. The zero-order valence-corrected chi connectivity index (χ0v) is 14.6. The zero-order chi connectivity index (χ0) is 13.7. The number of methoxy groups -OCH3 is 1. The molecule has 1 unspecified atom stereocenters. The van der Waals surface area contributed by atoms with E-state index in [-0.39, 0.29) is 0 Å². The summed E-state index contributed by atoms with van der Waals surface area (Å²) in [6.45, 7) is 7.53. The van der Waals surface area contributed by atoms with Crippen molar-refractivity contribution >= 4 is 31.9 Å². The number of hydrogen-bond acceptors (Lipinski definition) is 2. The topological polar surface area (TPSA) is 21.3 Å². The molecule has 0 bridgehead atoms. The third-order valence-corrected chi connectivity index (χ3v) is 3.80. The van der Waals surface area contributed by atoms with Gasteiger partial charge in [0, 0.05) is 22.6 Å². The fourth-order valence-electron chi connectivity index (χ4n) is 2.05. The molecule has 0 saturated carbocycles. The summed E-state index contributed by atoms with van der Waals surface area (Å²) in [5.74, 6) is 1.62. The lowest BCUT2D eigenvalue weighted by Crippen LogP contribution is -2.27. The van der Waals surface area contributed by atoms with Gasteiger partial charge in [0.25, 0.3) is 0 Å². The molecule has 0 aromatic heterocycles. The van der Waals surface area contributed by atoms with Crippen LogP contribution in [0.4, 0.5) is 0 Å². The van der Waals surface area contributed by atoms with Crippen molar-refractivity contribution in [3.05, 3.63) is 26.6 Å². The van der Waals surface area contributed by atoms with Gasteiger partial charge in [0.1, 0.15) is 5.75 Å². The van der Waals surface area contributed by atoms with Crippen LogP contribution in [0.3, 0.4) is 0 Å². The molecule has 1 rings (SSSR count). The molecule has 102 valence electrons. The molecule has 0 fully saturated rings. The van der Waals surface area contributed by atoms with E-state index in [2.05, 4.69) is 64.0 Å². The van der Waals surface area contributed by atoms with E-state index in [1.807, 2.05) is 6.07 Å². The van der Waals surface area contributed by atoms with Crippen LogP contribution in [0.25, 0.3) is 0 Å². The first kappa shape index (κ1) is 16.0.